The van der Waals surface area contributed by atoms with E-state index in [-0.39, 0.29) is 17.4 Å². The van der Waals surface area contributed by atoms with E-state index >= 15 is 0 Å². The summed E-state index contributed by atoms with van der Waals surface area (Å²) < 4.78 is 5.66. The Morgan fingerprint density at radius 3 is 2.42 bits per heavy atom. The number of nitrogens with one attached hydrogen (secondary N) is 1. The summed E-state index contributed by atoms with van der Waals surface area (Å²) in [6, 6.07) is 0. The van der Waals surface area contributed by atoms with Crippen molar-refractivity contribution in [2.24, 2.45) is 16.6 Å². The summed E-state index contributed by atoms with van der Waals surface area (Å²) in [5.41, 5.74) is 5.63. The lowest BCUT2D eigenvalue weighted by atomic mass is 9.54. The molecule has 4 heteroatoms. The summed E-state index contributed by atoms with van der Waals surface area (Å²) in [5.74, 6) is -0.00632. The van der Waals surface area contributed by atoms with Crippen LogP contribution in [0.25, 0.3) is 0 Å². The maximum atomic E-state index is 12.4. The van der Waals surface area contributed by atoms with Crippen LogP contribution in [0, 0.1) is 10.8 Å². The standard InChI is InChI=1S/C15H28N2O2/c1-5-14(7-8-14)10-17-12(18)15(16)9-11(19-6-2)13(15,3)4/h11H,5-10,16H2,1-4H3,(H,17,18). The van der Waals surface area contributed by atoms with Gasteiger partial charge in [0.1, 0.15) is 5.54 Å². The van der Waals surface area contributed by atoms with Gasteiger partial charge in [0.25, 0.3) is 0 Å². The zero-order valence-corrected chi connectivity index (χ0v) is 12.7. The molecule has 2 rings (SSSR count). The highest BCUT2D eigenvalue weighted by Crippen LogP contribution is 2.51. The lowest BCUT2D eigenvalue weighted by Gasteiger charge is -2.57. The highest BCUT2D eigenvalue weighted by Gasteiger charge is 2.63. The van der Waals surface area contributed by atoms with Crippen molar-refractivity contribution in [1.29, 1.82) is 0 Å². The van der Waals surface area contributed by atoms with Gasteiger partial charge in [-0.1, -0.05) is 20.8 Å². The SMILES string of the molecule is CCOC1CC(N)(C(=O)NCC2(CC)CC2)C1(C)C. The van der Waals surface area contributed by atoms with Crippen LogP contribution < -0.4 is 11.1 Å². The lowest BCUT2D eigenvalue weighted by Crippen LogP contribution is -2.76. The average molecular weight is 268 g/mol. The lowest BCUT2D eigenvalue weighted by molar-refractivity contribution is -0.170. The molecule has 2 atom stereocenters. The molecule has 4 nitrogen and oxygen atoms in total. The Hall–Kier alpha value is -0.610. The number of hydrogen-bond acceptors (Lipinski definition) is 3. The molecule has 2 aliphatic carbocycles. The van der Waals surface area contributed by atoms with Crippen LogP contribution in [0.3, 0.4) is 0 Å². The van der Waals surface area contributed by atoms with Crippen molar-refractivity contribution in [2.45, 2.75) is 65.0 Å². The van der Waals surface area contributed by atoms with Crippen LogP contribution >= 0.6 is 0 Å². The zero-order chi connectivity index (χ0) is 14.3. The zero-order valence-electron chi connectivity index (χ0n) is 12.7. The molecule has 1 amide bonds. The van der Waals surface area contributed by atoms with E-state index in [1.165, 1.54) is 12.8 Å². The van der Waals surface area contributed by atoms with E-state index in [1.807, 2.05) is 20.8 Å². The maximum Gasteiger partial charge on any atom is 0.240 e. The second-order valence-electron chi connectivity index (χ2n) is 6.88. The molecule has 19 heavy (non-hydrogen) atoms. The first kappa shape index (κ1) is 14.8. The third-order valence-corrected chi connectivity index (χ3v) is 5.57. The van der Waals surface area contributed by atoms with Crippen molar-refractivity contribution in [3.63, 3.8) is 0 Å². The van der Waals surface area contributed by atoms with Gasteiger partial charge in [-0.15, -0.1) is 0 Å². The minimum absolute atomic E-state index is 0.00632. The second kappa shape index (κ2) is 4.74. The Labute approximate surface area is 116 Å². The second-order valence-corrected chi connectivity index (χ2v) is 6.88. The first-order valence-electron chi connectivity index (χ1n) is 7.50. The van der Waals surface area contributed by atoms with Gasteiger partial charge >= 0.3 is 0 Å². The molecule has 110 valence electrons. The van der Waals surface area contributed by atoms with Gasteiger partial charge in [0.05, 0.1) is 6.10 Å². The number of carbonyl (C=O) groups is 1. The van der Waals surface area contributed by atoms with E-state index in [4.69, 9.17) is 10.5 Å². The first-order chi connectivity index (χ1) is 8.81. The summed E-state index contributed by atoms with van der Waals surface area (Å²) in [5, 5.41) is 3.08. The van der Waals surface area contributed by atoms with Crippen molar-refractivity contribution in [3.8, 4) is 0 Å². The number of ether oxygens (including phenoxy) is 1. The summed E-state index contributed by atoms with van der Waals surface area (Å²) in [7, 11) is 0. The molecule has 0 aromatic heterocycles. The summed E-state index contributed by atoms with van der Waals surface area (Å²) in [6.45, 7) is 9.67. The highest BCUT2D eigenvalue weighted by atomic mass is 16.5. The molecule has 0 saturated heterocycles. The molecule has 0 spiro atoms. The van der Waals surface area contributed by atoms with Crippen molar-refractivity contribution < 1.29 is 9.53 Å². The molecule has 0 heterocycles. The molecule has 0 aliphatic heterocycles. The third-order valence-electron chi connectivity index (χ3n) is 5.57. The Morgan fingerprint density at radius 2 is 2.00 bits per heavy atom. The van der Waals surface area contributed by atoms with Crippen LogP contribution in [0.1, 0.15) is 53.4 Å². The average Bonchev–Trinajstić information content (AvgIpc) is 3.16. The van der Waals surface area contributed by atoms with Gasteiger partial charge in [0, 0.05) is 25.0 Å². The largest absolute Gasteiger partial charge is 0.378 e. The van der Waals surface area contributed by atoms with Gasteiger partial charge in [0.15, 0.2) is 0 Å². The minimum Gasteiger partial charge on any atom is -0.378 e. The summed E-state index contributed by atoms with van der Waals surface area (Å²) in [6.07, 6.45) is 4.31. The fourth-order valence-electron chi connectivity index (χ4n) is 3.08. The fourth-order valence-corrected chi connectivity index (χ4v) is 3.08. The van der Waals surface area contributed by atoms with Gasteiger partial charge in [-0.3, -0.25) is 4.79 Å². The smallest absolute Gasteiger partial charge is 0.240 e. The molecule has 0 aromatic rings. The number of carbonyl (C=O) groups excluding carboxylic acids is 1. The Kier molecular flexibility index (Phi) is 3.69. The number of nitrogens with two attached hydrogens (primary N) is 1. The van der Waals surface area contributed by atoms with Gasteiger partial charge < -0.3 is 15.8 Å². The topological polar surface area (TPSA) is 64.3 Å². The van der Waals surface area contributed by atoms with Crippen LogP contribution in [0.15, 0.2) is 0 Å². The molecule has 2 unspecified atom stereocenters. The van der Waals surface area contributed by atoms with E-state index in [0.717, 1.165) is 13.0 Å². The van der Waals surface area contributed by atoms with Gasteiger partial charge in [-0.05, 0) is 31.6 Å². The van der Waals surface area contributed by atoms with Crippen LogP contribution in [-0.4, -0.2) is 30.7 Å². The van der Waals surface area contributed by atoms with Gasteiger partial charge in [0.2, 0.25) is 5.91 Å². The number of hydrogen-bond donors (Lipinski definition) is 2. The Balaban J connectivity index is 1.92. The molecule has 2 saturated carbocycles. The molecular formula is C15H28N2O2. The van der Waals surface area contributed by atoms with Gasteiger partial charge in [-0.25, -0.2) is 0 Å². The van der Waals surface area contributed by atoms with Crippen LogP contribution in [0.2, 0.25) is 0 Å². The molecule has 3 N–H and O–H groups in total. The molecular weight excluding hydrogens is 240 g/mol. The molecule has 0 radical (unpaired) electrons. The Morgan fingerprint density at radius 1 is 1.37 bits per heavy atom. The molecule has 2 aliphatic rings. The van der Waals surface area contributed by atoms with E-state index in [2.05, 4.69) is 12.2 Å². The summed E-state index contributed by atoms with van der Waals surface area (Å²) >= 11 is 0. The highest BCUT2D eigenvalue weighted by molar-refractivity contribution is 5.88. The van der Waals surface area contributed by atoms with E-state index in [1.54, 1.807) is 0 Å². The predicted octanol–water partition coefficient (Wildman–Crippen LogP) is 1.83. The van der Waals surface area contributed by atoms with E-state index < -0.39 is 5.54 Å². The van der Waals surface area contributed by atoms with Crippen LogP contribution in [0.4, 0.5) is 0 Å². The quantitative estimate of drug-likeness (QED) is 0.772. The first-order valence-corrected chi connectivity index (χ1v) is 7.50. The van der Waals surface area contributed by atoms with Crippen molar-refractivity contribution >= 4 is 5.91 Å². The monoisotopic (exact) mass is 268 g/mol. The fraction of sp³-hybridized carbons (Fsp3) is 0.933. The normalized spacial score (nSPS) is 34.5. The number of amides is 1. The molecule has 0 aromatic carbocycles. The van der Waals surface area contributed by atoms with Gasteiger partial charge in [-0.2, -0.15) is 0 Å². The van der Waals surface area contributed by atoms with Crippen molar-refractivity contribution in [2.75, 3.05) is 13.2 Å². The van der Waals surface area contributed by atoms with Crippen molar-refractivity contribution in [3.05, 3.63) is 0 Å². The minimum atomic E-state index is -0.781. The summed E-state index contributed by atoms with van der Waals surface area (Å²) in [4.78, 5) is 12.4. The Bertz CT molecular complexity index is 363. The van der Waals surface area contributed by atoms with Crippen molar-refractivity contribution in [1.82, 2.24) is 5.32 Å². The van der Waals surface area contributed by atoms with Crippen LogP contribution in [-0.2, 0) is 9.53 Å². The van der Waals surface area contributed by atoms with E-state index in [9.17, 15) is 4.79 Å². The van der Waals surface area contributed by atoms with E-state index in [0.29, 0.717) is 18.4 Å². The third kappa shape index (κ3) is 2.29. The maximum absolute atomic E-state index is 12.4. The molecule has 0 bridgehead atoms. The van der Waals surface area contributed by atoms with Crippen LogP contribution in [0.5, 0.6) is 0 Å². The molecule has 2 fully saturated rings. The number of rotatable bonds is 6. The predicted molar refractivity (Wildman–Crippen MR) is 75.7 cm³/mol.